The Morgan fingerprint density at radius 1 is 1.07 bits per heavy atom. The smallest absolute Gasteiger partial charge is 0.243 e. The highest BCUT2D eigenvalue weighted by Gasteiger charge is 2.36. The van der Waals surface area contributed by atoms with Gasteiger partial charge in [0.25, 0.3) is 0 Å². The number of hydrogen-bond donors (Lipinski definition) is 0. The maximum Gasteiger partial charge on any atom is 0.243 e. The van der Waals surface area contributed by atoms with Gasteiger partial charge in [-0.1, -0.05) is 12.8 Å². The molecule has 1 aliphatic heterocycles. The van der Waals surface area contributed by atoms with Crippen molar-refractivity contribution in [3.8, 4) is 11.5 Å². The number of rotatable bonds is 5. The standard InChI is InChI=1S/C22H29N3O4S/c1-24-20-9-4-8-18(20)19(23-24)15-25(16-6-2-3-7-16)30(26,27)17-10-11-21-22(14-17)29-13-5-12-28-21/h10-11,14,16H,2-9,12-13,15H2,1H3. The van der Waals surface area contributed by atoms with Crippen molar-refractivity contribution in [3.05, 3.63) is 35.2 Å². The van der Waals surface area contributed by atoms with Gasteiger partial charge in [-0.3, -0.25) is 4.68 Å². The van der Waals surface area contributed by atoms with Gasteiger partial charge in [0.2, 0.25) is 10.0 Å². The Balaban J connectivity index is 1.51. The second-order valence-electron chi connectivity index (χ2n) is 8.50. The lowest BCUT2D eigenvalue weighted by Gasteiger charge is -2.28. The van der Waals surface area contributed by atoms with Crippen LogP contribution in [0.25, 0.3) is 0 Å². The molecular formula is C22H29N3O4S. The zero-order valence-electron chi connectivity index (χ0n) is 17.5. The summed E-state index contributed by atoms with van der Waals surface area (Å²) in [6.07, 6.45) is 7.86. The van der Waals surface area contributed by atoms with E-state index in [1.807, 2.05) is 11.7 Å². The van der Waals surface area contributed by atoms with Gasteiger partial charge in [0, 0.05) is 31.3 Å². The number of benzene rings is 1. The van der Waals surface area contributed by atoms with E-state index in [0.717, 1.165) is 57.1 Å². The van der Waals surface area contributed by atoms with Crippen LogP contribution in [0.4, 0.5) is 0 Å². The minimum Gasteiger partial charge on any atom is -0.490 e. The molecule has 5 rings (SSSR count). The average Bonchev–Trinajstić information content (AvgIpc) is 3.44. The summed E-state index contributed by atoms with van der Waals surface area (Å²) in [5.41, 5.74) is 3.41. The molecule has 0 unspecified atom stereocenters. The van der Waals surface area contributed by atoms with Crippen molar-refractivity contribution in [2.24, 2.45) is 7.05 Å². The minimum absolute atomic E-state index is 0.0186. The van der Waals surface area contributed by atoms with Crippen molar-refractivity contribution < 1.29 is 17.9 Å². The second kappa shape index (κ2) is 7.89. The molecule has 0 N–H and O–H groups in total. The highest BCUT2D eigenvalue weighted by molar-refractivity contribution is 7.89. The fourth-order valence-electron chi connectivity index (χ4n) is 5.01. The molecule has 7 nitrogen and oxygen atoms in total. The highest BCUT2D eigenvalue weighted by atomic mass is 32.2. The van der Waals surface area contributed by atoms with Gasteiger partial charge in [-0.05, 0) is 49.8 Å². The summed E-state index contributed by atoms with van der Waals surface area (Å²) in [5.74, 6) is 1.13. The van der Waals surface area contributed by atoms with E-state index in [0.29, 0.717) is 31.3 Å². The fourth-order valence-corrected chi connectivity index (χ4v) is 6.68. The van der Waals surface area contributed by atoms with Gasteiger partial charge in [0.15, 0.2) is 11.5 Å². The van der Waals surface area contributed by atoms with Crippen LogP contribution in [0.5, 0.6) is 11.5 Å². The minimum atomic E-state index is -3.69. The quantitative estimate of drug-likeness (QED) is 0.727. The summed E-state index contributed by atoms with van der Waals surface area (Å²) >= 11 is 0. The lowest BCUT2D eigenvalue weighted by atomic mass is 10.2. The lowest BCUT2D eigenvalue weighted by molar-refractivity contribution is 0.296. The first-order chi connectivity index (χ1) is 14.5. The van der Waals surface area contributed by atoms with Crippen LogP contribution in [0.15, 0.2) is 23.1 Å². The number of aryl methyl sites for hydroxylation is 1. The average molecular weight is 432 g/mol. The van der Waals surface area contributed by atoms with E-state index in [2.05, 4.69) is 0 Å². The van der Waals surface area contributed by atoms with Crippen molar-refractivity contribution in [1.82, 2.24) is 14.1 Å². The maximum atomic E-state index is 13.8. The molecule has 162 valence electrons. The summed E-state index contributed by atoms with van der Waals surface area (Å²) in [5, 5.41) is 4.70. The normalized spacial score (nSPS) is 19.3. The van der Waals surface area contributed by atoms with Crippen LogP contribution in [-0.2, 0) is 36.5 Å². The van der Waals surface area contributed by atoms with Crippen LogP contribution in [0.3, 0.4) is 0 Å². The van der Waals surface area contributed by atoms with E-state index in [4.69, 9.17) is 14.6 Å². The van der Waals surface area contributed by atoms with E-state index in [9.17, 15) is 8.42 Å². The lowest BCUT2D eigenvalue weighted by Crippen LogP contribution is -2.38. The van der Waals surface area contributed by atoms with Gasteiger partial charge < -0.3 is 9.47 Å². The van der Waals surface area contributed by atoms with Crippen LogP contribution in [0, 0.1) is 0 Å². The number of hydrogen-bond acceptors (Lipinski definition) is 5. The molecule has 2 heterocycles. The molecule has 0 saturated heterocycles. The molecule has 1 fully saturated rings. The molecule has 1 saturated carbocycles. The number of ether oxygens (including phenoxy) is 2. The van der Waals surface area contributed by atoms with Crippen molar-refractivity contribution in [3.63, 3.8) is 0 Å². The molecule has 8 heteroatoms. The molecule has 2 aromatic rings. The second-order valence-corrected chi connectivity index (χ2v) is 10.4. The summed E-state index contributed by atoms with van der Waals surface area (Å²) in [4.78, 5) is 0.270. The molecule has 1 aromatic heterocycles. The van der Waals surface area contributed by atoms with E-state index in [1.165, 1.54) is 11.3 Å². The Bertz CT molecular complexity index is 1040. The van der Waals surface area contributed by atoms with Crippen molar-refractivity contribution >= 4 is 10.0 Å². The topological polar surface area (TPSA) is 73.7 Å². The summed E-state index contributed by atoms with van der Waals surface area (Å²) in [6.45, 7) is 1.45. The van der Waals surface area contributed by atoms with Gasteiger partial charge in [0.1, 0.15) is 0 Å². The van der Waals surface area contributed by atoms with E-state index >= 15 is 0 Å². The predicted octanol–water partition coefficient (Wildman–Crippen LogP) is 3.20. The maximum absolute atomic E-state index is 13.8. The Hall–Kier alpha value is -2.06. The predicted molar refractivity (Wildman–Crippen MR) is 112 cm³/mol. The largest absolute Gasteiger partial charge is 0.490 e. The van der Waals surface area contributed by atoms with Crippen LogP contribution in [0.1, 0.15) is 55.5 Å². The first kappa shape index (κ1) is 19.9. The van der Waals surface area contributed by atoms with Crippen LogP contribution < -0.4 is 9.47 Å². The highest BCUT2D eigenvalue weighted by Crippen LogP contribution is 2.36. The third-order valence-corrected chi connectivity index (χ3v) is 8.46. The third kappa shape index (κ3) is 3.50. The Kier molecular flexibility index (Phi) is 5.23. The first-order valence-corrected chi connectivity index (χ1v) is 12.4. The Labute approximate surface area is 178 Å². The van der Waals surface area contributed by atoms with Crippen LogP contribution in [-0.4, -0.2) is 41.8 Å². The zero-order chi connectivity index (χ0) is 20.7. The number of aromatic nitrogens is 2. The number of nitrogens with zero attached hydrogens (tertiary/aromatic N) is 3. The molecule has 0 radical (unpaired) electrons. The summed E-state index contributed by atoms with van der Waals surface area (Å²) in [7, 11) is -1.72. The van der Waals surface area contributed by atoms with E-state index in [-0.39, 0.29) is 10.9 Å². The van der Waals surface area contributed by atoms with Crippen molar-refractivity contribution in [1.29, 1.82) is 0 Å². The zero-order valence-corrected chi connectivity index (χ0v) is 18.3. The van der Waals surface area contributed by atoms with Gasteiger partial charge in [-0.15, -0.1) is 0 Å². The number of sulfonamides is 1. The van der Waals surface area contributed by atoms with Crippen molar-refractivity contribution in [2.45, 2.75) is 68.8 Å². The first-order valence-electron chi connectivity index (χ1n) is 11.0. The molecule has 2 aliphatic carbocycles. The Morgan fingerprint density at radius 2 is 1.83 bits per heavy atom. The van der Waals surface area contributed by atoms with Gasteiger partial charge in [-0.2, -0.15) is 9.40 Å². The van der Waals surface area contributed by atoms with Gasteiger partial charge in [-0.25, -0.2) is 8.42 Å². The monoisotopic (exact) mass is 431 g/mol. The van der Waals surface area contributed by atoms with Gasteiger partial charge >= 0.3 is 0 Å². The van der Waals surface area contributed by atoms with E-state index in [1.54, 1.807) is 22.5 Å². The Morgan fingerprint density at radius 3 is 2.63 bits per heavy atom. The molecule has 0 bridgehead atoms. The molecule has 1 aromatic carbocycles. The molecule has 0 amide bonds. The molecular weight excluding hydrogens is 402 g/mol. The molecule has 0 spiro atoms. The van der Waals surface area contributed by atoms with Crippen molar-refractivity contribution in [2.75, 3.05) is 13.2 Å². The summed E-state index contributed by atoms with van der Waals surface area (Å²) < 4.78 is 42.7. The van der Waals surface area contributed by atoms with Gasteiger partial charge in [0.05, 0.1) is 30.3 Å². The SMILES string of the molecule is Cn1nc(CN(C2CCCC2)S(=O)(=O)c2ccc3c(c2)OCCCO3)c2c1CCC2. The van der Waals surface area contributed by atoms with Crippen LogP contribution >= 0.6 is 0 Å². The molecule has 30 heavy (non-hydrogen) atoms. The van der Waals surface area contributed by atoms with Crippen LogP contribution in [0.2, 0.25) is 0 Å². The fraction of sp³-hybridized carbons (Fsp3) is 0.591. The third-order valence-electron chi connectivity index (χ3n) is 6.56. The van der Waals surface area contributed by atoms with E-state index < -0.39 is 10.0 Å². The molecule has 3 aliphatic rings. The summed E-state index contributed by atoms with van der Waals surface area (Å²) in [6, 6.07) is 5.01. The molecule has 0 atom stereocenters. The number of fused-ring (bicyclic) bond motifs is 2.